The van der Waals surface area contributed by atoms with Crippen LogP contribution in [0.15, 0.2) is 30.3 Å². The highest BCUT2D eigenvalue weighted by atomic mass is 16.5. The zero-order chi connectivity index (χ0) is 15.0. The molecule has 0 heterocycles. The first-order valence-electron chi connectivity index (χ1n) is 7.09. The highest BCUT2D eigenvalue weighted by Crippen LogP contribution is 2.10. The molecule has 0 aliphatic carbocycles. The van der Waals surface area contributed by atoms with Crippen molar-refractivity contribution in [1.82, 2.24) is 4.90 Å². The Morgan fingerprint density at radius 1 is 1.30 bits per heavy atom. The van der Waals surface area contributed by atoms with E-state index in [9.17, 15) is 4.79 Å². The molecule has 0 aliphatic heterocycles. The zero-order valence-electron chi connectivity index (χ0n) is 12.8. The second-order valence-electron chi connectivity index (χ2n) is 5.82. The Morgan fingerprint density at radius 3 is 2.55 bits per heavy atom. The molecule has 0 unspecified atom stereocenters. The number of ether oxygens (including phenoxy) is 1. The van der Waals surface area contributed by atoms with Crippen molar-refractivity contribution in [2.24, 2.45) is 5.73 Å². The molecular formula is C16H26N2O2. The lowest BCUT2D eigenvalue weighted by atomic mass is 10.00. The Balaban J connectivity index is 2.16. The molecule has 0 spiro atoms. The topological polar surface area (TPSA) is 55.6 Å². The molecule has 1 aromatic rings. The van der Waals surface area contributed by atoms with Gasteiger partial charge in [-0.1, -0.05) is 18.2 Å². The number of nitrogens with zero attached hydrogens (tertiary/aromatic N) is 1. The van der Waals surface area contributed by atoms with E-state index in [1.807, 2.05) is 51.2 Å². The van der Waals surface area contributed by atoms with Crippen LogP contribution >= 0.6 is 0 Å². The normalized spacial score (nSPS) is 11.2. The molecule has 4 heteroatoms. The third-order valence-corrected chi connectivity index (χ3v) is 3.06. The predicted octanol–water partition coefficient (Wildman–Crippen LogP) is 2.43. The minimum Gasteiger partial charge on any atom is -0.494 e. The molecule has 0 atom stereocenters. The fourth-order valence-corrected chi connectivity index (χ4v) is 1.75. The van der Waals surface area contributed by atoms with Gasteiger partial charge in [0.05, 0.1) is 6.61 Å². The van der Waals surface area contributed by atoms with Gasteiger partial charge in [-0.15, -0.1) is 0 Å². The molecule has 0 aliphatic rings. The van der Waals surface area contributed by atoms with E-state index in [4.69, 9.17) is 10.5 Å². The largest absolute Gasteiger partial charge is 0.494 e. The highest BCUT2D eigenvalue weighted by molar-refractivity contribution is 5.75. The van der Waals surface area contributed by atoms with Gasteiger partial charge in [0.2, 0.25) is 5.91 Å². The van der Waals surface area contributed by atoms with Crippen LogP contribution in [0.3, 0.4) is 0 Å². The number of hydrogen-bond donors (Lipinski definition) is 1. The quantitative estimate of drug-likeness (QED) is 0.743. The standard InChI is InChI=1S/C16H26N2O2/c1-16(2,17)11-10-15(19)18(3)12-7-13-20-14-8-5-4-6-9-14/h4-6,8-9H,7,10-13,17H2,1-3H3. The maximum absolute atomic E-state index is 11.9. The minimum absolute atomic E-state index is 0.142. The summed E-state index contributed by atoms with van der Waals surface area (Å²) in [6.45, 7) is 5.20. The average Bonchev–Trinajstić information content (AvgIpc) is 2.41. The first kappa shape index (κ1) is 16.5. The molecule has 112 valence electrons. The summed E-state index contributed by atoms with van der Waals surface area (Å²) in [4.78, 5) is 13.6. The van der Waals surface area contributed by atoms with Crippen molar-refractivity contribution in [2.45, 2.75) is 38.6 Å². The van der Waals surface area contributed by atoms with Gasteiger partial charge >= 0.3 is 0 Å². The molecule has 1 amide bonds. The average molecular weight is 278 g/mol. The third kappa shape index (κ3) is 7.14. The number of carbonyl (C=O) groups is 1. The smallest absolute Gasteiger partial charge is 0.222 e. The van der Waals surface area contributed by atoms with E-state index in [0.29, 0.717) is 26.0 Å². The third-order valence-electron chi connectivity index (χ3n) is 3.06. The van der Waals surface area contributed by atoms with Crippen LogP contribution in [-0.4, -0.2) is 36.5 Å². The van der Waals surface area contributed by atoms with Crippen molar-refractivity contribution in [3.8, 4) is 5.75 Å². The molecule has 1 rings (SSSR count). The van der Waals surface area contributed by atoms with Gasteiger partial charge in [-0.3, -0.25) is 4.79 Å². The lowest BCUT2D eigenvalue weighted by Gasteiger charge is -2.21. The number of carbonyl (C=O) groups excluding carboxylic acids is 1. The second-order valence-corrected chi connectivity index (χ2v) is 5.82. The Bertz CT molecular complexity index is 399. The first-order chi connectivity index (χ1) is 9.38. The number of amides is 1. The van der Waals surface area contributed by atoms with E-state index < -0.39 is 0 Å². The molecule has 0 bridgehead atoms. The Labute approximate surface area is 121 Å². The summed E-state index contributed by atoms with van der Waals surface area (Å²) in [6.07, 6.45) is 2.03. The zero-order valence-corrected chi connectivity index (χ0v) is 12.8. The predicted molar refractivity (Wildman–Crippen MR) is 81.7 cm³/mol. The van der Waals surface area contributed by atoms with Crippen LogP contribution in [0, 0.1) is 0 Å². The van der Waals surface area contributed by atoms with E-state index in [1.165, 1.54) is 0 Å². The maximum atomic E-state index is 11.9. The van der Waals surface area contributed by atoms with Crippen LogP contribution in [0.25, 0.3) is 0 Å². The Morgan fingerprint density at radius 2 is 1.95 bits per heavy atom. The summed E-state index contributed by atoms with van der Waals surface area (Å²) >= 11 is 0. The second kappa shape index (κ2) is 7.90. The van der Waals surface area contributed by atoms with Gasteiger partial charge in [0.1, 0.15) is 5.75 Å². The molecule has 0 fully saturated rings. The highest BCUT2D eigenvalue weighted by Gasteiger charge is 2.15. The van der Waals surface area contributed by atoms with Crippen LogP contribution in [0.4, 0.5) is 0 Å². The van der Waals surface area contributed by atoms with E-state index >= 15 is 0 Å². The van der Waals surface area contributed by atoms with Crippen molar-refractivity contribution in [1.29, 1.82) is 0 Å². The van der Waals surface area contributed by atoms with Crippen LogP contribution in [0.2, 0.25) is 0 Å². The number of benzene rings is 1. The van der Waals surface area contributed by atoms with Crippen LogP contribution in [0.1, 0.15) is 33.1 Å². The lowest BCUT2D eigenvalue weighted by Crippen LogP contribution is -2.35. The molecular weight excluding hydrogens is 252 g/mol. The summed E-state index contributed by atoms with van der Waals surface area (Å²) in [5.74, 6) is 1.01. The Kier molecular flexibility index (Phi) is 6.52. The molecule has 0 saturated carbocycles. The number of hydrogen-bond acceptors (Lipinski definition) is 3. The van der Waals surface area contributed by atoms with Gasteiger partial charge in [-0.25, -0.2) is 0 Å². The van der Waals surface area contributed by atoms with Crippen LogP contribution < -0.4 is 10.5 Å². The van der Waals surface area contributed by atoms with Crippen molar-refractivity contribution in [3.05, 3.63) is 30.3 Å². The summed E-state index contributed by atoms with van der Waals surface area (Å²) in [7, 11) is 1.83. The molecule has 1 aromatic carbocycles. The van der Waals surface area contributed by atoms with Crippen LogP contribution in [0.5, 0.6) is 5.75 Å². The summed E-state index contributed by atoms with van der Waals surface area (Å²) in [6, 6.07) is 9.70. The van der Waals surface area contributed by atoms with E-state index in [1.54, 1.807) is 4.90 Å². The molecule has 0 saturated heterocycles. The van der Waals surface area contributed by atoms with E-state index in [-0.39, 0.29) is 11.4 Å². The van der Waals surface area contributed by atoms with Gasteiger partial charge in [-0.05, 0) is 38.8 Å². The summed E-state index contributed by atoms with van der Waals surface area (Å²) in [5.41, 5.74) is 5.59. The number of nitrogens with two attached hydrogens (primary N) is 1. The SMILES string of the molecule is CN(CCCOc1ccccc1)C(=O)CCC(C)(C)N. The maximum Gasteiger partial charge on any atom is 0.222 e. The Hall–Kier alpha value is -1.55. The summed E-state index contributed by atoms with van der Waals surface area (Å²) in [5, 5.41) is 0. The van der Waals surface area contributed by atoms with Crippen molar-refractivity contribution in [2.75, 3.05) is 20.2 Å². The van der Waals surface area contributed by atoms with Gasteiger partial charge in [0.25, 0.3) is 0 Å². The van der Waals surface area contributed by atoms with E-state index in [0.717, 1.165) is 12.2 Å². The molecule has 20 heavy (non-hydrogen) atoms. The molecule has 0 radical (unpaired) electrons. The monoisotopic (exact) mass is 278 g/mol. The van der Waals surface area contributed by atoms with E-state index in [2.05, 4.69) is 0 Å². The van der Waals surface area contributed by atoms with Crippen molar-refractivity contribution >= 4 is 5.91 Å². The molecule has 2 N–H and O–H groups in total. The fourth-order valence-electron chi connectivity index (χ4n) is 1.75. The van der Waals surface area contributed by atoms with Gasteiger partial charge in [-0.2, -0.15) is 0 Å². The molecule has 0 aromatic heterocycles. The fraction of sp³-hybridized carbons (Fsp3) is 0.562. The minimum atomic E-state index is -0.285. The van der Waals surface area contributed by atoms with Gasteiger partial charge < -0.3 is 15.4 Å². The van der Waals surface area contributed by atoms with Crippen molar-refractivity contribution in [3.63, 3.8) is 0 Å². The van der Waals surface area contributed by atoms with Gasteiger partial charge in [0, 0.05) is 25.6 Å². The number of para-hydroxylation sites is 1. The number of rotatable bonds is 8. The first-order valence-corrected chi connectivity index (χ1v) is 7.09. The van der Waals surface area contributed by atoms with Crippen LogP contribution in [-0.2, 0) is 4.79 Å². The summed E-state index contributed by atoms with van der Waals surface area (Å²) < 4.78 is 5.59. The van der Waals surface area contributed by atoms with Crippen molar-refractivity contribution < 1.29 is 9.53 Å². The lowest BCUT2D eigenvalue weighted by molar-refractivity contribution is -0.130. The van der Waals surface area contributed by atoms with Gasteiger partial charge in [0.15, 0.2) is 0 Å². The molecule has 4 nitrogen and oxygen atoms in total.